The van der Waals surface area contributed by atoms with E-state index in [1.807, 2.05) is 39.0 Å². The van der Waals surface area contributed by atoms with E-state index in [-0.39, 0.29) is 30.9 Å². The fraction of sp³-hybridized carbons (Fsp3) is 0.567. The van der Waals surface area contributed by atoms with E-state index in [2.05, 4.69) is 13.2 Å². The average Bonchev–Trinajstić information content (AvgIpc) is 3.54. The van der Waals surface area contributed by atoms with Crippen LogP contribution in [0.3, 0.4) is 0 Å². The summed E-state index contributed by atoms with van der Waals surface area (Å²) in [7, 11) is 0. The predicted molar refractivity (Wildman–Crippen MR) is 147 cm³/mol. The maximum Gasteiger partial charge on any atom is 0.253 e. The average molecular weight is 524 g/mol. The minimum atomic E-state index is -1.12. The lowest BCUT2D eigenvalue weighted by atomic mass is 9.70. The van der Waals surface area contributed by atoms with Gasteiger partial charge in [-0.15, -0.1) is 13.2 Å². The SMILES string of the molecule is C=CCN(CCC)C(=O)[C@@H]1[C@H]2C(=O)N([C@H](C)CO)C(C(=O)N(CC=C)c3c(C)cccc3C)C23CC[C@H]1O3. The number of fused-ring (bicyclic) bond motifs is 1. The number of carbonyl (C=O) groups excluding carboxylic acids is 3. The Balaban J connectivity index is 1.81. The summed E-state index contributed by atoms with van der Waals surface area (Å²) in [4.78, 5) is 47.5. The Morgan fingerprint density at radius 2 is 1.87 bits per heavy atom. The monoisotopic (exact) mass is 523 g/mol. The van der Waals surface area contributed by atoms with Crippen molar-refractivity contribution in [3.63, 3.8) is 0 Å². The predicted octanol–water partition coefficient (Wildman–Crippen LogP) is 3.00. The lowest BCUT2D eigenvalue weighted by Gasteiger charge is -2.39. The van der Waals surface area contributed by atoms with Gasteiger partial charge >= 0.3 is 0 Å². The van der Waals surface area contributed by atoms with Crippen LogP contribution in [0, 0.1) is 25.7 Å². The molecule has 3 amide bonds. The summed E-state index contributed by atoms with van der Waals surface area (Å²) in [6.07, 6.45) is 4.83. The molecule has 1 spiro atoms. The van der Waals surface area contributed by atoms with Gasteiger partial charge in [0.1, 0.15) is 11.6 Å². The molecule has 0 aromatic heterocycles. The van der Waals surface area contributed by atoms with Gasteiger partial charge in [-0.2, -0.15) is 0 Å². The molecule has 0 saturated carbocycles. The first kappa shape index (κ1) is 28.0. The van der Waals surface area contributed by atoms with Crippen molar-refractivity contribution in [3.05, 3.63) is 54.6 Å². The number of nitrogens with zero attached hydrogens (tertiary/aromatic N) is 3. The van der Waals surface area contributed by atoms with Gasteiger partial charge in [-0.05, 0) is 51.2 Å². The van der Waals surface area contributed by atoms with Crippen LogP contribution < -0.4 is 4.90 Å². The van der Waals surface area contributed by atoms with Crippen LogP contribution in [0.2, 0.25) is 0 Å². The number of aryl methyl sites for hydroxylation is 2. The second-order valence-corrected chi connectivity index (χ2v) is 10.9. The molecule has 38 heavy (non-hydrogen) atoms. The third-order valence-electron chi connectivity index (χ3n) is 8.44. The van der Waals surface area contributed by atoms with Crippen LogP contribution in [-0.2, 0) is 19.1 Å². The normalized spacial score (nSPS) is 28.2. The van der Waals surface area contributed by atoms with Gasteiger partial charge < -0.3 is 24.5 Å². The molecule has 0 radical (unpaired) electrons. The second-order valence-electron chi connectivity index (χ2n) is 10.9. The van der Waals surface area contributed by atoms with E-state index in [9.17, 15) is 19.5 Å². The Morgan fingerprint density at radius 3 is 2.45 bits per heavy atom. The Kier molecular flexibility index (Phi) is 8.14. The molecule has 1 aromatic carbocycles. The number of benzene rings is 1. The summed E-state index contributed by atoms with van der Waals surface area (Å²) in [6, 6.07) is 4.28. The molecule has 8 nitrogen and oxygen atoms in total. The third kappa shape index (κ3) is 4.28. The number of amides is 3. The van der Waals surface area contributed by atoms with Crippen molar-refractivity contribution >= 4 is 23.4 Å². The third-order valence-corrected chi connectivity index (χ3v) is 8.44. The maximum absolute atomic E-state index is 14.6. The van der Waals surface area contributed by atoms with E-state index in [1.165, 1.54) is 4.90 Å². The van der Waals surface area contributed by atoms with Gasteiger partial charge in [0.2, 0.25) is 11.8 Å². The van der Waals surface area contributed by atoms with Crippen molar-refractivity contribution in [1.29, 1.82) is 0 Å². The first-order valence-corrected chi connectivity index (χ1v) is 13.7. The Labute approximate surface area is 225 Å². The Bertz CT molecular complexity index is 1100. The van der Waals surface area contributed by atoms with E-state index in [4.69, 9.17) is 4.74 Å². The number of carbonyl (C=O) groups is 3. The number of hydrogen-bond donors (Lipinski definition) is 1. The molecule has 0 aliphatic carbocycles. The zero-order chi connectivity index (χ0) is 27.8. The first-order chi connectivity index (χ1) is 18.2. The van der Waals surface area contributed by atoms with E-state index in [0.717, 1.165) is 23.2 Å². The summed E-state index contributed by atoms with van der Waals surface area (Å²) in [5.74, 6) is -2.13. The number of likely N-dealkylation sites (tertiary alicyclic amines) is 1. The van der Waals surface area contributed by atoms with Crippen LogP contribution in [0.5, 0.6) is 0 Å². The molecule has 3 fully saturated rings. The minimum Gasteiger partial charge on any atom is -0.394 e. The number of aliphatic hydroxyl groups is 1. The molecule has 206 valence electrons. The number of hydrogen-bond acceptors (Lipinski definition) is 5. The van der Waals surface area contributed by atoms with Crippen molar-refractivity contribution in [2.24, 2.45) is 11.8 Å². The standard InChI is InChI=1S/C30H41N3O5/c1-7-15-31(16-8-2)27(35)23-22-13-14-30(38-22)24(23)28(36)33(21(6)18-34)26(30)29(37)32(17-9-3)25-19(4)11-10-12-20(25)5/h7,9-12,21-24,26,34H,1,3,8,13-18H2,2,4-6H3/t21-,22-,23+,24+,26?,30?/m1/s1. The number of anilines is 1. The number of rotatable bonds is 11. The summed E-state index contributed by atoms with van der Waals surface area (Å²) >= 11 is 0. The van der Waals surface area contributed by atoms with Gasteiger partial charge in [-0.3, -0.25) is 14.4 Å². The fourth-order valence-electron chi connectivity index (χ4n) is 6.94. The highest BCUT2D eigenvalue weighted by atomic mass is 16.5. The number of aliphatic hydroxyl groups excluding tert-OH is 1. The molecule has 6 atom stereocenters. The minimum absolute atomic E-state index is 0.126. The number of ether oxygens (including phenoxy) is 1. The van der Waals surface area contributed by atoms with Gasteiger partial charge in [0, 0.05) is 25.3 Å². The highest BCUT2D eigenvalue weighted by Gasteiger charge is 2.75. The van der Waals surface area contributed by atoms with Crippen LogP contribution >= 0.6 is 0 Å². The highest BCUT2D eigenvalue weighted by Crippen LogP contribution is 2.59. The van der Waals surface area contributed by atoms with Gasteiger partial charge in [0.05, 0.1) is 30.6 Å². The molecule has 3 aliphatic rings. The van der Waals surface area contributed by atoms with Gasteiger partial charge in [-0.25, -0.2) is 0 Å². The van der Waals surface area contributed by atoms with Crippen molar-refractivity contribution in [2.75, 3.05) is 31.1 Å². The molecule has 1 N–H and O–H groups in total. The van der Waals surface area contributed by atoms with E-state index < -0.39 is 35.6 Å². The molecule has 1 aromatic rings. The fourth-order valence-corrected chi connectivity index (χ4v) is 6.94. The van der Waals surface area contributed by atoms with Crippen molar-refractivity contribution in [2.45, 2.75) is 70.7 Å². The van der Waals surface area contributed by atoms with Gasteiger partial charge in [-0.1, -0.05) is 37.3 Å². The lowest BCUT2D eigenvalue weighted by Crippen LogP contribution is -2.58. The highest BCUT2D eigenvalue weighted by molar-refractivity contribution is 6.05. The molecule has 2 bridgehead atoms. The molecule has 4 rings (SSSR count). The van der Waals surface area contributed by atoms with Crippen LogP contribution in [0.1, 0.15) is 44.2 Å². The topological polar surface area (TPSA) is 90.4 Å². The zero-order valence-corrected chi connectivity index (χ0v) is 23.1. The van der Waals surface area contributed by atoms with Crippen molar-refractivity contribution < 1.29 is 24.2 Å². The van der Waals surface area contributed by atoms with E-state index >= 15 is 0 Å². The van der Waals surface area contributed by atoms with Gasteiger partial charge in [0.15, 0.2) is 0 Å². The van der Waals surface area contributed by atoms with E-state index in [1.54, 1.807) is 28.9 Å². The summed E-state index contributed by atoms with van der Waals surface area (Å²) < 4.78 is 6.59. The molecular weight excluding hydrogens is 482 g/mol. The molecular formula is C30H41N3O5. The summed E-state index contributed by atoms with van der Waals surface area (Å²) in [5, 5.41) is 10.1. The van der Waals surface area contributed by atoms with Crippen molar-refractivity contribution in [3.8, 4) is 0 Å². The van der Waals surface area contributed by atoms with Crippen LogP contribution in [0.15, 0.2) is 43.5 Å². The van der Waals surface area contributed by atoms with Crippen LogP contribution in [0.4, 0.5) is 5.69 Å². The quantitative estimate of drug-likeness (QED) is 0.451. The molecule has 3 aliphatic heterocycles. The smallest absolute Gasteiger partial charge is 0.253 e. The van der Waals surface area contributed by atoms with Gasteiger partial charge in [0.25, 0.3) is 5.91 Å². The lowest BCUT2D eigenvalue weighted by molar-refractivity contribution is -0.147. The molecule has 3 saturated heterocycles. The summed E-state index contributed by atoms with van der Waals surface area (Å²) in [6.45, 7) is 16.2. The van der Waals surface area contributed by atoms with E-state index in [0.29, 0.717) is 25.9 Å². The number of para-hydroxylation sites is 1. The molecule has 2 unspecified atom stereocenters. The largest absolute Gasteiger partial charge is 0.394 e. The molecule has 8 heteroatoms. The van der Waals surface area contributed by atoms with Crippen LogP contribution in [0.25, 0.3) is 0 Å². The first-order valence-electron chi connectivity index (χ1n) is 13.7. The van der Waals surface area contributed by atoms with Crippen LogP contribution in [-0.4, -0.2) is 82.7 Å². The summed E-state index contributed by atoms with van der Waals surface area (Å²) in [5.41, 5.74) is 1.53. The zero-order valence-electron chi connectivity index (χ0n) is 23.1. The second kappa shape index (κ2) is 11.0. The van der Waals surface area contributed by atoms with Crippen molar-refractivity contribution in [1.82, 2.24) is 9.80 Å². The maximum atomic E-state index is 14.6. The Morgan fingerprint density at radius 1 is 1.21 bits per heavy atom. The molecule has 3 heterocycles. The Hall–Kier alpha value is -2.97.